The molecule has 0 saturated carbocycles. The molecule has 1 aliphatic rings. The van der Waals surface area contributed by atoms with Crippen molar-refractivity contribution in [1.29, 1.82) is 0 Å². The maximum absolute atomic E-state index is 3.77. The van der Waals surface area contributed by atoms with Gasteiger partial charge in [-0.1, -0.05) is 38.0 Å². The number of hydrogen-bond donors (Lipinski definition) is 0. The van der Waals surface area contributed by atoms with Crippen LogP contribution in [0.1, 0.15) is 58.8 Å². The predicted molar refractivity (Wildman–Crippen MR) is 64.4 cm³/mol. The fourth-order valence-corrected chi connectivity index (χ4v) is 2.30. The van der Waals surface area contributed by atoms with Crippen LogP contribution in [0.5, 0.6) is 0 Å². The molecule has 0 bridgehead atoms. The molecule has 1 rings (SSSR count). The molecule has 0 aromatic heterocycles. The average Bonchev–Trinajstić information content (AvgIpc) is 2.19. The van der Waals surface area contributed by atoms with E-state index in [-0.39, 0.29) is 0 Å². The highest BCUT2D eigenvalue weighted by molar-refractivity contribution is 5.09. The highest BCUT2D eigenvalue weighted by atomic mass is 14.3. The Labute approximate surface area is 89.1 Å². The lowest BCUT2D eigenvalue weighted by atomic mass is 9.73. The van der Waals surface area contributed by atoms with Gasteiger partial charge in [0.05, 0.1) is 0 Å². The van der Waals surface area contributed by atoms with E-state index in [1.54, 1.807) is 5.57 Å². The van der Waals surface area contributed by atoms with Crippen LogP contribution >= 0.6 is 0 Å². The van der Waals surface area contributed by atoms with Gasteiger partial charge < -0.3 is 0 Å². The van der Waals surface area contributed by atoms with Gasteiger partial charge in [0.15, 0.2) is 0 Å². The van der Waals surface area contributed by atoms with Gasteiger partial charge in [0.1, 0.15) is 0 Å². The summed E-state index contributed by atoms with van der Waals surface area (Å²) in [6.07, 6.45) is 13.6. The van der Waals surface area contributed by atoms with Crippen LogP contribution < -0.4 is 0 Å². The lowest BCUT2D eigenvalue weighted by molar-refractivity contribution is 0.268. The van der Waals surface area contributed by atoms with Crippen LogP contribution in [0.2, 0.25) is 0 Å². The summed E-state index contributed by atoms with van der Waals surface area (Å²) in [5, 5.41) is 0. The molecule has 0 amide bonds. The first-order chi connectivity index (χ1) is 6.70. The molecule has 0 aromatic rings. The molecule has 0 aliphatic heterocycles. The second-order valence-electron chi connectivity index (χ2n) is 4.92. The number of unbranched alkanes of at least 4 members (excludes halogenated alkanes) is 1. The summed E-state index contributed by atoms with van der Waals surface area (Å²) in [5.74, 6) is 0. The third-order valence-corrected chi connectivity index (χ3v) is 3.59. The van der Waals surface area contributed by atoms with Gasteiger partial charge in [-0.2, -0.15) is 0 Å². The van der Waals surface area contributed by atoms with Crippen molar-refractivity contribution >= 4 is 0 Å². The Morgan fingerprint density at radius 3 is 3.00 bits per heavy atom. The van der Waals surface area contributed by atoms with Crippen molar-refractivity contribution in [1.82, 2.24) is 0 Å². The summed E-state index contributed by atoms with van der Waals surface area (Å²) >= 11 is 0. The first-order valence-corrected chi connectivity index (χ1v) is 5.99. The average molecular weight is 192 g/mol. The topological polar surface area (TPSA) is 0 Å². The highest BCUT2D eigenvalue weighted by Crippen LogP contribution is 2.39. The molecule has 1 aliphatic carbocycles. The van der Waals surface area contributed by atoms with Gasteiger partial charge in [-0.3, -0.25) is 0 Å². The van der Waals surface area contributed by atoms with Crippen LogP contribution in [-0.4, -0.2) is 0 Å². The first kappa shape index (κ1) is 11.6. The Morgan fingerprint density at radius 1 is 1.57 bits per heavy atom. The number of rotatable bonds is 5. The van der Waals surface area contributed by atoms with Crippen LogP contribution in [0.4, 0.5) is 0 Å². The normalized spacial score (nSPS) is 27.1. The van der Waals surface area contributed by atoms with Crippen LogP contribution in [0.3, 0.4) is 0 Å². The monoisotopic (exact) mass is 192 g/mol. The molecule has 0 nitrogen and oxygen atoms in total. The zero-order chi connectivity index (χ0) is 10.4. The Morgan fingerprint density at radius 2 is 2.36 bits per heavy atom. The van der Waals surface area contributed by atoms with E-state index in [0.29, 0.717) is 5.41 Å². The molecule has 0 N–H and O–H groups in total. The molecule has 1 atom stereocenters. The van der Waals surface area contributed by atoms with E-state index >= 15 is 0 Å². The van der Waals surface area contributed by atoms with Crippen molar-refractivity contribution in [3.63, 3.8) is 0 Å². The van der Waals surface area contributed by atoms with Gasteiger partial charge in [-0.05, 0) is 43.9 Å². The van der Waals surface area contributed by atoms with Crippen LogP contribution in [0.15, 0.2) is 24.3 Å². The van der Waals surface area contributed by atoms with E-state index in [0.717, 1.165) is 0 Å². The lowest BCUT2D eigenvalue weighted by Gasteiger charge is -2.33. The van der Waals surface area contributed by atoms with Crippen LogP contribution in [0, 0.1) is 5.41 Å². The van der Waals surface area contributed by atoms with E-state index in [9.17, 15) is 0 Å². The molecule has 80 valence electrons. The molecule has 14 heavy (non-hydrogen) atoms. The summed E-state index contributed by atoms with van der Waals surface area (Å²) in [7, 11) is 0. The largest absolute Gasteiger partial charge is 0.103 e. The van der Waals surface area contributed by atoms with Gasteiger partial charge in [-0.15, -0.1) is 6.58 Å². The fourth-order valence-electron chi connectivity index (χ4n) is 2.30. The van der Waals surface area contributed by atoms with E-state index < -0.39 is 0 Å². The summed E-state index contributed by atoms with van der Waals surface area (Å²) in [6, 6.07) is 0. The first-order valence-electron chi connectivity index (χ1n) is 5.99. The predicted octanol–water partition coefficient (Wildman–Crippen LogP) is 4.87. The summed E-state index contributed by atoms with van der Waals surface area (Å²) in [6.45, 7) is 8.53. The van der Waals surface area contributed by atoms with Crippen LogP contribution in [-0.2, 0) is 0 Å². The lowest BCUT2D eigenvalue weighted by Crippen LogP contribution is -2.19. The molecular formula is C14H24. The van der Waals surface area contributed by atoms with E-state index in [2.05, 4.69) is 26.5 Å². The van der Waals surface area contributed by atoms with Gasteiger partial charge in [0, 0.05) is 0 Å². The minimum absolute atomic E-state index is 0.595. The van der Waals surface area contributed by atoms with E-state index in [1.165, 1.54) is 44.9 Å². The quantitative estimate of drug-likeness (QED) is 0.430. The van der Waals surface area contributed by atoms with Crippen molar-refractivity contribution < 1.29 is 0 Å². The van der Waals surface area contributed by atoms with Gasteiger partial charge in [0.2, 0.25) is 0 Å². The summed E-state index contributed by atoms with van der Waals surface area (Å²) in [4.78, 5) is 0. The molecular weight excluding hydrogens is 168 g/mol. The van der Waals surface area contributed by atoms with Crippen molar-refractivity contribution in [3.05, 3.63) is 24.3 Å². The third kappa shape index (κ3) is 3.32. The molecule has 1 unspecified atom stereocenters. The minimum Gasteiger partial charge on any atom is -0.103 e. The Kier molecular flexibility index (Phi) is 4.44. The zero-order valence-corrected chi connectivity index (χ0v) is 9.81. The maximum atomic E-state index is 3.77. The van der Waals surface area contributed by atoms with Gasteiger partial charge >= 0.3 is 0 Å². The number of hydrogen-bond acceptors (Lipinski definition) is 0. The Balaban J connectivity index is 2.39. The second kappa shape index (κ2) is 5.38. The van der Waals surface area contributed by atoms with E-state index in [4.69, 9.17) is 0 Å². The molecule has 0 fully saturated rings. The molecule has 0 saturated heterocycles. The zero-order valence-electron chi connectivity index (χ0n) is 9.81. The standard InChI is InChI=1S/C14H24/c1-4-6-7-9-13-10-8-11-14(3,5-2)12-13/h4,10H,1,5-9,11-12H2,2-3H3. The van der Waals surface area contributed by atoms with Crippen molar-refractivity contribution in [2.75, 3.05) is 0 Å². The third-order valence-electron chi connectivity index (χ3n) is 3.59. The van der Waals surface area contributed by atoms with E-state index in [1.807, 2.05) is 6.08 Å². The smallest absolute Gasteiger partial charge is 0.0266 e. The summed E-state index contributed by atoms with van der Waals surface area (Å²) < 4.78 is 0. The molecule has 0 heteroatoms. The Bertz CT molecular complexity index is 212. The SMILES string of the molecule is C=CCCCC1=CCCC(C)(CC)C1. The second-order valence-corrected chi connectivity index (χ2v) is 4.92. The molecule has 0 spiro atoms. The molecule has 0 heterocycles. The number of allylic oxidation sites excluding steroid dienone is 3. The van der Waals surface area contributed by atoms with Crippen molar-refractivity contribution in [3.8, 4) is 0 Å². The minimum atomic E-state index is 0.595. The van der Waals surface area contributed by atoms with Gasteiger partial charge in [-0.25, -0.2) is 0 Å². The molecule has 0 aromatic carbocycles. The van der Waals surface area contributed by atoms with Crippen LogP contribution in [0.25, 0.3) is 0 Å². The van der Waals surface area contributed by atoms with Crippen molar-refractivity contribution in [2.45, 2.75) is 58.8 Å². The maximum Gasteiger partial charge on any atom is -0.0266 e. The Hall–Kier alpha value is -0.520. The highest BCUT2D eigenvalue weighted by Gasteiger charge is 2.25. The van der Waals surface area contributed by atoms with Gasteiger partial charge in [0.25, 0.3) is 0 Å². The fraction of sp³-hybridized carbons (Fsp3) is 0.714. The summed E-state index contributed by atoms with van der Waals surface area (Å²) in [5.41, 5.74) is 2.29. The van der Waals surface area contributed by atoms with Crippen molar-refractivity contribution in [2.24, 2.45) is 5.41 Å². The molecule has 0 radical (unpaired) electrons.